The van der Waals surface area contributed by atoms with Crippen molar-refractivity contribution in [3.8, 4) is 5.75 Å². The van der Waals surface area contributed by atoms with E-state index in [0.29, 0.717) is 24.4 Å². The SMILES string of the molecule is CCCNC(C)c1cccc(OCc2nc(C)no2)c1. The summed E-state index contributed by atoms with van der Waals surface area (Å²) in [6.07, 6.45) is 1.12. The summed E-state index contributed by atoms with van der Waals surface area (Å²) in [4.78, 5) is 4.11. The molecule has 0 saturated heterocycles. The van der Waals surface area contributed by atoms with Gasteiger partial charge >= 0.3 is 0 Å². The predicted octanol–water partition coefficient (Wildman–Crippen LogP) is 3.02. The van der Waals surface area contributed by atoms with Gasteiger partial charge in [-0.2, -0.15) is 4.98 Å². The molecule has 108 valence electrons. The van der Waals surface area contributed by atoms with Crippen LogP contribution in [0.15, 0.2) is 28.8 Å². The Hall–Kier alpha value is -1.88. The highest BCUT2D eigenvalue weighted by molar-refractivity contribution is 5.30. The molecule has 5 heteroatoms. The first-order chi connectivity index (χ1) is 9.69. The lowest BCUT2D eigenvalue weighted by molar-refractivity contribution is 0.242. The van der Waals surface area contributed by atoms with E-state index in [4.69, 9.17) is 9.26 Å². The third kappa shape index (κ3) is 4.06. The average molecular weight is 275 g/mol. The van der Waals surface area contributed by atoms with Gasteiger partial charge in [-0.1, -0.05) is 24.2 Å². The third-order valence-electron chi connectivity index (χ3n) is 2.99. The smallest absolute Gasteiger partial charge is 0.264 e. The lowest BCUT2D eigenvalue weighted by atomic mass is 10.1. The summed E-state index contributed by atoms with van der Waals surface area (Å²) in [6.45, 7) is 7.39. The van der Waals surface area contributed by atoms with Crippen molar-refractivity contribution in [2.24, 2.45) is 0 Å². The standard InChI is InChI=1S/C15H21N3O2/c1-4-8-16-11(2)13-6-5-7-14(9-13)19-10-15-17-12(3)18-20-15/h5-7,9,11,16H,4,8,10H2,1-3H3. The largest absolute Gasteiger partial charge is 0.484 e. The molecule has 20 heavy (non-hydrogen) atoms. The van der Waals surface area contributed by atoms with Gasteiger partial charge in [0.1, 0.15) is 5.75 Å². The van der Waals surface area contributed by atoms with Crippen LogP contribution in [0.25, 0.3) is 0 Å². The Kier molecular flexibility index (Phi) is 5.12. The second-order valence-corrected chi connectivity index (χ2v) is 4.77. The summed E-state index contributed by atoms with van der Waals surface area (Å²) in [5, 5.41) is 7.19. The maximum Gasteiger partial charge on any atom is 0.264 e. The topological polar surface area (TPSA) is 60.2 Å². The quantitative estimate of drug-likeness (QED) is 0.841. The molecule has 2 rings (SSSR count). The summed E-state index contributed by atoms with van der Waals surface area (Å²) < 4.78 is 10.7. The molecule has 0 amide bonds. The first kappa shape index (κ1) is 14.5. The van der Waals surface area contributed by atoms with Crippen molar-refractivity contribution in [2.75, 3.05) is 6.54 Å². The first-order valence-electron chi connectivity index (χ1n) is 6.94. The van der Waals surface area contributed by atoms with Crippen molar-refractivity contribution in [3.63, 3.8) is 0 Å². The van der Waals surface area contributed by atoms with E-state index in [1.54, 1.807) is 6.92 Å². The minimum Gasteiger partial charge on any atom is -0.484 e. The van der Waals surface area contributed by atoms with Crippen LogP contribution < -0.4 is 10.1 Å². The normalized spacial score (nSPS) is 12.3. The first-order valence-corrected chi connectivity index (χ1v) is 6.94. The number of ether oxygens (including phenoxy) is 1. The second-order valence-electron chi connectivity index (χ2n) is 4.77. The number of hydrogen-bond acceptors (Lipinski definition) is 5. The van der Waals surface area contributed by atoms with Crippen molar-refractivity contribution in [3.05, 3.63) is 41.5 Å². The maximum atomic E-state index is 5.68. The van der Waals surface area contributed by atoms with E-state index in [2.05, 4.69) is 35.4 Å². The molecule has 0 aliphatic carbocycles. The van der Waals surface area contributed by atoms with Crippen molar-refractivity contribution in [2.45, 2.75) is 39.8 Å². The molecule has 0 radical (unpaired) electrons. The Morgan fingerprint density at radius 3 is 2.95 bits per heavy atom. The molecule has 0 saturated carbocycles. The number of benzene rings is 1. The van der Waals surface area contributed by atoms with Gasteiger partial charge in [0.25, 0.3) is 5.89 Å². The molecule has 1 atom stereocenters. The molecular weight excluding hydrogens is 254 g/mol. The van der Waals surface area contributed by atoms with Crippen molar-refractivity contribution in [1.82, 2.24) is 15.5 Å². The number of rotatable bonds is 7. The Balaban J connectivity index is 1.95. The van der Waals surface area contributed by atoms with Gasteiger partial charge < -0.3 is 14.6 Å². The highest BCUT2D eigenvalue weighted by Gasteiger charge is 2.07. The van der Waals surface area contributed by atoms with Crippen LogP contribution in [0, 0.1) is 6.92 Å². The molecule has 0 fully saturated rings. The highest BCUT2D eigenvalue weighted by Crippen LogP contribution is 2.19. The van der Waals surface area contributed by atoms with Crippen LogP contribution in [0.5, 0.6) is 5.75 Å². The fourth-order valence-electron chi connectivity index (χ4n) is 1.90. The zero-order valence-electron chi connectivity index (χ0n) is 12.2. The van der Waals surface area contributed by atoms with Crippen LogP contribution in [0.4, 0.5) is 0 Å². The van der Waals surface area contributed by atoms with Crippen molar-refractivity contribution in [1.29, 1.82) is 0 Å². The van der Waals surface area contributed by atoms with E-state index in [1.165, 1.54) is 5.56 Å². The predicted molar refractivity (Wildman–Crippen MR) is 76.5 cm³/mol. The summed E-state index contributed by atoms with van der Waals surface area (Å²) >= 11 is 0. The Morgan fingerprint density at radius 2 is 2.25 bits per heavy atom. The van der Waals surface area contributed by atoms with Gasteiger partial charge in [0.2, 0.25) is 0 Å². The molecule has 0 bridgehead atoms. The number of aromatic nitrogens is 2. The van der Waals surface area contributed by atoms with Gasteiger partial charge in [0, 0.05) is 6.04 Å². The van der Waals surface area contributed by atoms with E-state index < -0.39 is 0 Å². The lowest BCUT2D eigenvalue weighted by Gasteiger charge is -2.14. The fourth-order valence-corrected chi connectivity index (χ4v) is 1.90. The van der Waals surface area contributed by atoms with E-state index in [9.17, 15) is 0 Å². The number of aryl methyl sites for hydroxylation is 1. The fraction of sp³-hybridized carbons (Fsp3) is 0.467. The zero-order valence-corrected chi connectivity index (χ0v) is 12.2. The van der Waals surface area contributed by atoms with Crippen LogP contribution in [0.3, 0.4) is 0 Å². The molecule has 1 unspecified atom stereocenters. The molecule has 0 spiro atoms. The minimum atomic E-state index is 0.293. The van der Waals surface area contributed by atoms with E-state index in [1.807, 2.05) is 18.2 Å². The lowest BCUT2D eigenvalue weighted by Crippen LogP contribution is -2.19. The van der Waals surface area contributed by atoms with Crippen LogP contribution in [-0.2, 0) is 6.61 Å². The highest BCUT2D eigenvalue weighted by atomic mass is 16.5. The molecule has 1 N–H and O–H groups in total. The third-order valence-corrected chi connectivity index (χ3v) is 2.99. The van der Waals surface area contributed by atoms with Crippen LogP contribution >= 0.6 is 0 Å². The van der Waals surface area contributed by atoms with Gasteiger partial charge in [-0.15, -0.1) is 0 Å². The minimum absolute atomic E-state index is 0.293. The second kappa shape index (κ2) is 7.05. The van der Waals surface area contributed by atoms with Gasteiger partial charge in [-0.3, -0.25) is 0 Å². The number of nitrogens with one attached hydrogen (secondary N) is 1. The Morgan fingerprint density at radius 1 is 1.40 bits per heavy atom. The van der Waals surface area contributed by atoms with E-state index >= 15 is 0 Å². The van der Waals surface area contributed by atoms with E-state index in [0.717, 1.165) is 18.7 Å². The van der Waals surface area contributed by atoms with Crippen LogP contribution in [0.1, 0.15) is 43.6 Å². The molecule has 0 aliphatic heterocycles. The summed E-state index contributed by atoms with van der Waals surface area (Å²) in [6, 6.07) is 8.37. The summed E-state index contributed by atoms with van der Waals surface area (Å²) in [5.74, 6) is 1.92. The molecule has 1 aromatic carbocycles. The Bertz CT molecular complexity index is 539. The van der Waals surface area contributed by atoms with Crippen LogP contribution in [0.2, 0.25) is 0 Å². The Labute approximate surface area is 119 Å². The zero-order chi connectivity index (χ0) is 14.4. The summed E-state index contributed by atoms with van der Waals surface area (Å²) in [7, 11) is 0. The number of hydrogen-bond donors (Lipinski definition) is 1. The monoisotopic (exact) mass is 275 g/mol. The molecule has 1 heterocycles. The van der Waals surface area contributed by atoms with Gasteiger partial charge in [0.05, 0.1) is 0 Å². The molecule has 1 aromatic heterocycles. The van der Waals surface area contributed by atoms with Crippen molar-refractivity contribution < 1.29 is 9.26 Å². The van der Waals surface area contributed by atoms with Gasteiger partial charge in [-0.05, 0) is 44.5 Å². The van der Waals surface area contributed by atoms with Gasteiger partial charge in [-0.25, -0.2) is 0 Å². The molecule has 2 aromatic rings. The van der Waals surface area contributed by atoms with Crippen LogP contribution in [-0.4, -0.2) is 16.7 Å². The van der Waals surface area contributed by atoms with Crippen molar-refractivity contribution >= 4 is 0 Å². The molecule has 0 aliphatic rings. The number of nitrogens with zero attached hydrogens (tertiary/aromatic N) is 2. The average Bonchev–Trinajstić information content (AvgIpc) is 2.88. The molecular formula is C15H21N3O2. The molecule has 5 nitrogen and oxygen atoms in total. The van der Waals surface area contributed by atoms with E-state index in [-0.39, 0.29) is 0 Å². The maximum absolute atomic E-state index is 5.68. The van der Waals surface area contributed by atoms with Gasteiger partial charge in [0.15, 0.2) is 12.4 Å². The summed E-state index contributed by atoms with van der Waals surface area (Å²) in [5.41, 5.74) is 1.21.